The Morgan fingerprint density at radius 3 is 2.65 bits per heavy atom. The molecule has 5 nitrogen and oxygen atoms in total. The average Bonchev–Trinajstić information content (AvgIpc) is 2.69. The number of ether oxygens (including phenoxy) is 2. The third-order valence-electron chi connectivity index (χ3n) is 9.91. The molecule has 0 saturated heterocycles. The van der Waals surface area contributed by atoms with Crippen LogP contribution >= 0.6 is 0 Å². The molecule has 0 aromatic rings. The van der Waals surface area contributed by atoms with Crippen molar-refractivity contribution in [2.24, 2.45) is 34.0 Å². The molecule has 0 N–H and O–H groups in total. The molecule has 4 bridgehead atoms. The smallest absolute Gasteiger partial charge is 0.303 e. The summed E-state index contributed by atoms with van der Waals surface area (Å²) in [6, 6.07) is 0. The summed E-state index contributed by atoms with van der Waals surface area (Å²) in [6.07, 6.45) is 12.2. The second kappa shape index (κ2) is 7.18. The molecule has 1 aliphatic heterocycles. The SMILES string of the molecule is C=C1[C@@H]2CC[C@]3(CC[C@H]4[C@]5(C)CCC[C@]4(C=[N+](CCOC(C)=O)C5)[C@H]3C2)[C@H]1OC(C)=O. The summed E-state index contributed by atoms with van der Waals surface area (Å²) in [5.41, 5.74) is 1.68. The molecule has 6 rings (SSSR count). The Balaban J connectivity index is 1.55. The first-order valence-electron chi connectivity index (χ1n) is 12.3. The lowest BCUT2D eigenvalue weighted by Crippen LogP contribution is -2.69. The first-order chi connectivity index (χ1) is 14.7. The molecule has 5 heteroatoms. The molecule has 31 heavy (non-hydrogen) atoms. The van der Waals surface area contributed by atoms with Crippen molar-refractivity contribution in [3.05, 3.63) is 12.2 Å². The van der Waals surface area contributed by atoms with Crippen molar-refractivity contribution in [3.8, 4) is 0 Å². The van der Waals surface area contributed by atoms with Gasteiger partial charge in [0, 0.05) is 24.7 Å². The van der Waals surface area contributed by atoms with Crippen LogP contribution in [-0.2, 0) is 19.1 Å². The van der Waals surface area contributed by atoms with Gasteiger partial charge in [0.1, 0.15) is 25.5 Å². The van der Waals surface area contributed by atoms with E-state index in [1.54, 1.807) is 6.92 Å². The number of carbonyl (C=O) groups is 2. The van der Waals surface area contributed by atoms with Crippen molar-refractivity contribution in [2.75, 3.05) is 19.7 Å². The van der Waals surface area contributed by atoms with Gasteiger partial charge >= 0.3 is 11.9 Å². The van der Waals surface area contributed by atoms with Crippen LogP contribution in [0.4, 0.5) is 0 Å². The van der Waals surface area contributed by atoms with Gasteiger partial charge in [-0.2, -0.15) is 0 Å². The quantitative estimate of drug-likeness (QED) is 0.384. The number of hydrogen-bond donors (Lipinski definition) is 0. The highest BCUT2D eigenvalue weighted by Crippen LogP contribution is 2.72. The highest BCUT2D eigenvalue weighted by atomic mass is 16.5. The lowest BCUT2D eigenvalue weighted by molar-refractivity contribution is -0.559. The van der Waals surface area contributed by atoms with Crippen molar-refractivity contribution < 1.29 is 23.6 Å². The predicted octanol–water partition coefficient (Wildman–Crippen LogP) is 4.14. The van der Waals surface area contributed by atoms with Crippen molar-refractivity contribution >= 4 is 18.2 Å². The molecule has 170 valence electrons. The molecule has 5 saturated carbocycles. The van der Waals surface area contributed by atoms with Gasteiger partial charge in [0.05, 0.1) is 5.41 Å². The van der Waals surface area contributed by atoms with Gasteiger partial charge in [-0.15, -0.1) is 0 Å². The van der Waals surface area contributed by atoms with Crippen LogP contribution in [0.3, 0.4) is 0 Å². The molecule has 0 aromatic heterocycles. The van der Waals surface area contributed by atoms with Crippen molar-refractivity contribution in [1.29, 1.82) is 0 Å². The van der Waals surface area contributed by atoms with Crippen LogP contribution < -0.4 is 0 Å². The molecule has 7 atom stereocenters. The summed E-state index contributed by atoms with van der Waals surface area (Å²) >= 11 is 0. The topological polar surface area (TPSA) is 55.6 Å². The molecule has 5 fully saturated rings. The number of hydrogen-bond acceptors (Lipinski definition) is 4. The summed E-state index contributed by atoms with van der Waals surface area (Å²) < 4.78 is 13.8. The first kappa shape index (κ1) is 21.2. The van der Waals surface area contributed by atoms with E-state index in [1.165, 1.54) is 51.0 Å². The molecule has 1 spiro atoms. The van der Waals surface area contributed by atoms with Crippen LogP contribution in [0.5, 0.6) is 0 Å². The molecule has 5 aliphatic carbocycles. The second-order valence-electron chi connectivity index (χ2n) is 11.5. The molecule has 6 aliphatic rings. The number of nitrogens with zero attached hydrogens (tertiary/aromatic N) is 1. The number of fused-ring (bicyclic) bond motifs is 2. The minimum Gasteiger partial charge on any atom is -0.459 e. The standard InChI is InChI=1S/C26H38NO4/c1-17-20-6-10-25(23(17)31-19(3)29)11-7-21-24(4)8-5-9-26(21,22(25)14-20)16-27(15-24)12-13-30-18(2)28/h16,20-23H,1,5-15H2,2-4H3/q+1/t20-,21+,22+,23+,24-,25-,26-/m1/s1. The summed E-state index contributed by atoms with van der Waals surface area (Å²) in [5.74, 6) is 1.34. The van der Waals surface area contributed by atoms with Crippen LogP contribution in [0.25, 0.3) is 0 Å². The maximum atomic E-state index is 12.1. The van der Waals surface area contributed by atoms with E-state index in [0.29, 0.717) is 29.8 Å². The fourth-order valence-corrected chi connectivity index (χ4v) is 9.01. The first-order valence-corrected chi connectivity index (χ1v) is 12.3. The minimum atomic E-state index is -0.205. The lowest BCUT2D eigenvalue weighted by atomic mass is 9.35. The van der Waals surface area contributed by atoms with Crippen molar-refractivity contribution in [2.45, 2.75) is 78.2 Å². The van der Waals surface area contributed by atoms with Gasteiger partial charge in [0.2, 0.25) is 0 Å². The van der Waals surface area contributed by atoms with Gasteiger partial charge in [-0.1, -0.05) is 19.9 Å². The molecule has 1 heterocycles. The average molecular weight is 429 g/mol. The summed E-state index contributed by atoms with van der Waals surface area (Å²) in [7, 11) is 0. The Bertz CT molecular complexity index is 848. The Hall–Kier alpha value is -1.65. The third-order valence-corrected chi connectivity index (χ3v) is 9.91. The summed E-state index contributed by atoms with van der Waals surface area (Å²) in [5, 5.41) is 0. The molecular weight excluding hydrogens is 390 g/mol. The second-order valence-corrected chi connectivity index (χ2v) is 11.5. The van der Waals surface area contributed by atoms with Crippen molar-refractivity contribution in [3.63, 3.8) is 0 Å². The van der Waals surface area contributed by atoms with Crippen LogP contribution in [0, 0.1) is 34.0 Å². The Labute approximate surface area is 186 Å². The van der Waals surface area contributed by atoms with Crippen LogP contribution in [-0.4, -0.2) is 48.5 Å². The highest BCUT2D eigenvalue weighted by molar-refractivity contribution is 5.68. The van der Waals surface area contributed by atoms with Crippen LogP contribution in [0.15, 0.2) is 12.2 Å². The van der Waals surface area contributed by atoms with E-state index in [9.17, 15) is 9.59 Å². The zero-order valence-electron chi connectivity index (χ0n) is 19.5. The van der Waals surface area contributed by atoms with Gasteiger partial charge in [0.15, 0.2) is 6.54 Å². The molecule has 0 aromatic carbocycles. The zero-order valence-corrected chi connectivity index (χ0v) is 19.5. The predicted molar refractivity (Wildman–Crippen MR) is 118 cm³/mol. The van der Waals surface area contributed by atoms with E-state index in [1.807, 2.05) is 0 Å². The van der Waals surface area contributed by atoms with E-state index >= 15 is 0 Å². The fraction of sp³-hybridized carbons (Fsp3) is 0.808. The Morgan fingerprint density at radius 1 is 1.13 bits per heavy atom. The summed E-state index contributed by atoms with van der Waals surface area (Å²) in [4.78, 5) is 23.4. The zero-order chi connectivity index (χ0) is 22.0. The van der Waals surface area contributed by atoms with Gasteiger partial charge in [-0.25, -0.2) is 4.58 Å². The largest absolute Gasteiger partial charge is 0.459 e. The van der Waals surface area contributed by atoms with Crippen molar-refractivity contribution in [1.82, 2.24) is 0 Å². The van der Waals surface area contributed by atoms with E-state index in [2.05, 4.69) is 24.3 Å². The van der Waals surface area contributed by atoms with Gasteiger partial charge in [-0.05, 0) is 68.3 Å². The lowest BCUT2D eigenvalue weighted by Gasteiger charge is -2.69. The maximum Gasteiger partial charge on any atom is 0.303 e. The van der Waals surface area contributed by atoms with Gasteiger partial charge in [0.25, 0.3) is 0 Å². The minimum absolute atomic E-state index is 0.0433. The fourth-order valence-electron chi connectivity index (χ4n) is 9.01. The van der Waals surface area contributed by atoms with E-state index in [0.717, 1.165) is 25.9 Å². The van der Waals surface area contributed by atoms with Gasteiger partial charge in [-0.3, -0.25) is 9.59 Å². The monoisotopic (exact) mass is 428 g/mol. The Kier molecular flexibility index (Phi) is 4.91. The number of rotatable bonds is 4. The Morgan fingerprint density at radius 2 is 1.90 bits per heavy atom. The molecule has 0 amide bonds. The van der Waals surface area contributed by atoms with E-state index < -0.39 is 0 Å². The molecule has 0 radical (unpaired) electrons. The normalized spacial score (nSPS) is 45.3. The number of carbonyl (C=O) groups excluding carboxylic acids is 2. The van der Waals surface area contributed by atoms with Gasteiger partial charge < -0.3 is 9.47 Å². The van der Waals surface area contributed by atoms with Crippen LogP contribution in [0.2, 0.25) is 0 Å². The number of esters is 2. The third kappa shape index (κ3) is 3.05. The van der Waals surface area contributed by atoms with E-state index in [-0.39, 0.29) is 28.9 Å². The highest BCUT2D eigenvalue weighted by Gasteiger charge is 2.71. The maximum absolute atomic E-state index is 12.1. The van der Waals surface area contributed by atoms with Crippen LogP contribution in [0.1, 0.15) is 72.1 Å². The molecule has 0 unspecified atom stereocenters. The van der Waals surface area contributed by atoms with E-state index in [4.69, 9.17) is 9.47 Å². The summed E-state index contributed by atoms with van der Waals surface area (Å²) in [6.45, 7) is 12.2. The molecular formula is C26H38NO4+.